The van der Waals surface area contributed by atoms with E-state index in [1.807, 2.05) is 4.90 Å². The lowest BCUT2D eigenvalue weighted by Gasteiger charge is -2.26. The van der Waals surface area contributed by atoms with Crippen LogP contribution in [-0.4, -0.2) is 36.3 Å². The van der Waals surface area contributed by atoms with Crippen molar-refractivity contribution in [2.24, 2.45) is 0 Å². The van der Waals surface area contributed by atoms with Gasteiger partial charge in [-0.15, -0.1) is 0 Å². The molecule has 0 spiro atoms. The number of hydrogen-bond acceptors (Lipinski definition) is 2. The Morgan fingerprint density at radius 3 is 2.67 bits per heavy atom. The third-order valence-electron chi connectivity index (χ3n) is 3.51. The first-order chi connectivity index (χ1) is 10.1. The Bertz CT molecular complexity index is 530. The van der Waals surface area contributed by atoms with Crippen LogP contribution >= 0.6 is 27.5 Å². The van der Waals surface area contributed by atoms with Gasteiger partial charge in [0.05, 0.1) is 10.6 Å². The quantitative estimate of drug-likeness (QED) is 0.881. The molecule has 4 nitrogen and oxygen atoms in total. The molecule has 1 N–H and O–H groups in total. The van der Waals surface area contributed by atoms with Gasteiger partial charge >= 0.3 is 0 Å². The fourth-order valence-electron chi connectivity index (χ4n) is 2.35. The Morgan fingerprint density at radius 2 is 1.95 bits per heavy atom. The summed E-state index contributed by atoms with van der Waals surface area (Å²) in [6, 6.07) is 5.11. The molecule has 1 aliphatic heterocycles. The molecule has 2 amide bonds. The number of carbonyl (C=O) groups is 2. The summed E-state index contributed by atoms with van der Waals surface area (Å²) in [5.74, 6) is -0.150. The molecule has 0 atom stereocenters. The van der Waals surface area contributed by atoms with Crippen LogP contribution < -0.4 is 5.32 Å². The van der Waals surface area contributed by atoms with Gasteiger partial charge in [-0.05, 0) is 37.5 Å². The summed E-state index contributed by atoms with van der Waals surface area (Å²) in [7, 11) is 0. The van der Waals surface area contributed by atoms with Crippen LogP contribution in [-0.2, 0) is 4.79 Å². The number of hydrogen-bond donors (Lipinski definition) is 1. The number of rotatable bonds is 4. The van der Waals surface area contributed by atoms with E-state index >= 15 is 0 Å². The molecule has 1 heterocycles. The van der Waals surface area contributed by atoms with Crippen LogP contribution in [0.15, 0.2) is 22.7 Å². The summed E-state index contributed by atoms with van der Waals surface area (Å²) >= 11 is 9.31. The van der Waals surface area contributed by atoms with Gasteiger partial charge in [0, 0.05) is 30.5 Å². The van der Waals surface area contributed by atoms with E-state index in [1.54, 1.807) is 18.2 Å². The number of likely N-dealkylation sites (tertiary alicyclic amines) is 1. The molecule has 1 fully saturated rings. The first-order valence-electron chi connectivity index (χ1n) is 7.09. The zero-order valence-corrected chi connectivity index (χ0v) is 14.0. The second-order valence-electron chi connectivity index (χ2n) is 5.07. The largest absolute Gasteiger partial charge is 0.351 e. The fraction of sp³-hybridized carbons (Fsp3) is 0.467. The minimum absolute atomic E-state index is 0.107. The molecule has 1 aliphatic rings. The predicted molar refractivity (Wildman–Crippen MR) is 86.5 cm³/mol. The molecule has 0 aromatic heterocycles. The summed E-state index contributed by atoms with van der Waals surface area (Å²) in [5.41, 5.74) is 0.413. The van der Waals surface area contributed by atoms with E-state index < -0.39 is 0 Å². The molecule has 0 unspecified atom stereocenters. The van der Waals surface area contributed by atoms with E-state index in [0.29, 0.717) is 23.6 Å². The smallest absolute Gasteiger partial charge is 0.252 e. The van der Waals surface area contributed by atoms with Crippen molar-refractivity contribution < 1.29 is 9.59 Å². The fourth-order valence-corrected chi connectivity index (χ4v) is 2.92. The molecule has 0 aliphatic carbocycles. The summed E-state index contributed by atoms with van der Waals surface area (Å²) in [6.45, 7) is 2.01. The van der Waals surface area contributed by atoms with E-state index in [9.17, 15) is 9.59 Å². The molecule has 114 valence electrons. The van der Waals surface area contributed by atoms with Gasteiger partial charge in [-0.1, -0.05) is 27.5 Å². The van der Waals surface area contributed by atoms with E-state index in [4.69, 9.17) is 11.6 Å². The maximum Gasteiger partial charge on any atom is 0.252 e. The average Bonchev–Trinajstić information content (AvgIpc) is 2.50. The molecule has 1 aromatic rings. The minimum Gasteiger partial charge on any atom is -0.351 e. The molecule has 0 radical (unpaired) electrons. The average molecular weight is 374 g/mol. The van der Waals surface area contributed by atoms with Gasteiger partial charge in [-0.3, -0.25) is 9.59 Å². The van der Waals surface area contributed by atoms with Gasteiger partial charge in [0.1, 0.15) is 0 Å². The van der Waals surface area contributed by atoms with Crippen molar-refractivity contribution in [2.75, 3.05) is 19.6 Å². The lowest BCUT2D eigenvalue weighted by atomic mass is 10.1. The third-order valence-corrected chi connectivity index (χ3v) is 4.33. The summed E-state index contributed by atoms with van der Waals surface area (Å²) in [4.78, 5) is 25.9. The van der Waals surface area contributed by atoms with Crippen molar-refractivity contribution in [2.45, 2.75) is 25.7 Å². The number of amides is 2. The van der Waals surface area contributed by atoms with Gasteiger partial charge in [0.25, 0.3) is 5.91 Å². The van der Waals surface area contributed by atoms with Crippen LogP contribution in [0.1, 0.15) is 36.0 Å². The van der Waals surface area contributed by atoms with Crippen LogP contribution in [0.5, 0.6) is 0 Å². The first kappa shape index (κ1) is 16.3. The minimum atomic E-state index is -0.257. The number of nitrogens with zero attached hydrogens (tertiary/aromatic N) is 1. The summed E-state index contributed by atoms with van der Waals surface area (Å²) in [5, 5.41) is 3.15. The zero-order chi connectivity index (χ0) is 15.2. The zero-order valence-electron chi connectivity index (χ0n) is 11.7. The van der Waals surface area contributed by atoms with E-state index in [1.165, 1.54) is 6.42 Å². The Morgan fingerprint density at radius 1 is 1.24 bits per heavy atom. The Kier molecular flexibility index (Phi) is 6.06. The number of halogens is 2. The highest BCUT2D eigenvalue weighted by Crippen LogP contribution is 2.20. The SMILES string of the molecule is O=C(NCCC(=O)N1CCCCC1)c1cc(Br)ccc1Cl. The van der Waals surface area contributed by atoms with E-state index in [2.05, 4.69) is 21.2 Å². The molecule has 0 bridgehead atoms. The van der Waals surface area contributed by atoms with Gasteiger partial charge in [0.15, 0.2) is 0 Å². The van der Waals surface area contributed by atoms with Gasteiger partial charge in [-0.2, -0.15) is 0 Å². The highest BCUT2D eigenvalue weighted by atomic mass is 79.9. The lowest BCUT2D eigenvalue weighted by molar-refractivity contribution is -0.131. The van der Waals surface area contributed by atoms with Crippen molar-refractivity contribution in [3.8, 4) is 0 Å². The number of piperidine rings is 1. The maximum atomic E-state index is 12.0. The van der Waals surface area contributed by atoms with Crippen molar-refractivity contribution in [3.05, 3.63) is 33.3 Å². The van der Waals surface area contributed by atoms with Crippen LogP contribution in [0.2, 0.25) is 5.02 Å². The van der Waals surface area contributed by atoms with Crippen LogP contribution in [0, 0.1) is 0 Å². The first-order valence-corrected chi connectivity index (χ1v) is 8.26. The van der Waals surface area contributed by atoms with Crippen LogP contribution in [0.4, 0.5) is 0 Å². The van der Waals surface area contributed by atoms with Crippen LogP contribution in [0.25, 0.3) is 0 Å². The number of nitrogens with one attached hydrogen (secondary N) is 1. The highest BCUT2D eigenvalue weighted by Gasteiger charge is 2.17. The topological polar surface area (TPSA) is 49.4 Å². The van der Waals surface area contributed by atoms with Crippen molar-refractivity contribution in [1.29, 1.82) is 0 Å². The van der Waals surface area contributed by atoms with Crippen molar-refractivity contribution in [1.82, 2.24) is 10.2 Å². The summed E-state index contributed by atoms with van der Waals surface area (Å²) < 4.78 is 0.793. The Balaban J connectivity index is 1.81. The highest BCUT2D eigenvalue weighted by molar-refractivity contribution is 9.10. The second-order valence-corrected chi connectivity index (χ2v) is 6.39. The van der Waals surface area contributed by atoms with E-state index in [0.717, 1.165) is 30.4 Å². The van der Waals surface area contributed by atoms with Crippen molar-refractivity contribution >= 4 is 39.3 Å². The molecular weight excluding hydrogens is 356 g/mol. The molecule has 0 saturated carbocycles. The van der Waals surface area contributed by atoms with Gasteiger partial charge < -0.3 is 10.2 Å². The summed E-state index contributed by atoms with van der Waals surface area (Å²) in [6.07, 6.45) is 3.68. The lowest BCUT2D eigenvalue weighted by Crippen LogP contribution is -2.37. The molecule has 6 heteroatoms. The Labute approximate surface area is 138 Å². The monoisotopic (exact) mass is 372 g/mol. The van der Waals surface area contributed by atoms with Crippen molar-refractivity contribution in [3.63, 3.8) is 0 Å². The number of benzene rings is 1. The molecule has 1 aromatic carbocycles. The number of carbonyl (C=O) groups excluding carboxylic acids is 2. The normalized spacial score (nSPS) is 14.9. The molecule has 21 heavy (non-hydrogen) atoms. The van der Waals surface area contributed by atoms with Gasteiger partial charge in [-0.25, -0.2) is 0 Å². The third kappa shape index (κ3) is 4.71. The van der Waals surface area contributed by atoms with Gasteiger partial charge in [0.2, 0.25) is 5.91 Å². The van der Waals surface area contributed by atoms with Crippen LogP contribution in [0.3, 0.4) is 0 Å². The molecule has 2 rings (SSSR count). The standard InChI is InChI=1S/C15H18BrClN2O2/c16-11-4-5-13(17)12(10-11)15(21)18-7-6-14(20)19-8-2-1-3-9-19/h4-5,10H,1-3,6-9H2,(H,18,21). The van der Waals surface area contributed by atoms with E-state index in [-0.39, 0.29) is 11.8 Å². The maximum absolute atomic E-state index is 12.0. The second kappa shape index (κ2) is 7.80. The molecular formula is C15H18BrClN2O2. The predicted octanol–water partition coefficient (Wildman–Crippen LogP) is 3.23. The Hall–Kier alpha value is -1.07. The molecule has 1 saturated heterocycles.